The minimum Gasteiger partial charge on any atom is -0.369 e. The van der Waals surface area contributed by atoms with Gasteiger partial charge in [0, 0.05) is 45.0 Å². The normalized spacial score (nSPS) is 21.8. The van der Waals surface area contributed by atoms with Crippen molar-refractivity contribution < 1.29 is 9.18 Å². The molecule has 1 atom stereocenters. The fourth-order valence-corrected chi connectivity index (χ4v) is 3.67. The summed E-state index contributed by atoms with van der Waals surface area (Å²) in [5, 5.41) is 0. The molecule has 0 N–H and O–H groups in total. The molecule has 2 fully saturated rings. The van der Waals surface area contributed by atoms with Gasteiger partial charge in [-0.15, -0.1) is 0 Å². The molecule has 0 saturated carbocycles. The molecule has 0 aromatic heterocycles. The lowest BCUT2D eigenvalue weighted by atomic mass is 9.98. The third kappa shape index (κ3) is 3.89. The fraction of sp³-hybridized carbons (Fsp3) is 0.632. The Morgan fingerprint density at radius 2 is 1.62 bits per heavy atom. The van der Waals surface area contributed by atoms with Gasteiger partial charge in [0.25, 0.3) is 0 Å². The first kappa shape index (κ1) is 17.2. The first-order valence-corrected chi connectivity index (χ1v) is 9.08. The van der Waals surface area contributed by atoms with E-state index in [9.17, 15) is 9.18 Å². The Morgan fingerprint density at radius 1 is 1.04 bits per heavy atom. The molecule has 0 radical (unpaired) electrons. The van der Waals surface area contributed by atoms with Crippen LogP contribution in [0.2, 0.25) is 0 Å². The number of carbonyl (C=O) groups excluding carboxylic acids is 1. The Labute approximate surface area is 144 Å². The molecule has 1 aromatic carbocycles. The highest BCUT2D eigenvalue weighted by Gasteiger charge is 2.30. The Morgan fingerprint density at radius 3 is 2.21 bits per heavy atom. The SMILES string of the molecule is CC1CCN(C(=O)C(C)N2CCN(c3ccc(F)cc3)CC2)CC1. The molecule has 5 heteroatoms. The number of anilines is 1. The zero-order valence-corrected chi connectivity index (χ0v) is 14.7. The van der Waals surface area contributed by atoms with Crippen molar-refractivity contribution in [1.29, 1.82) is 0 Å². The number of piperazine rings is 1. The van der Waals surface area contributed by atoms with E-state index in [1.54, 1.807) is 0 Å². The van der Waals surface area contributed by atoms with Crippen molar-refractivity contribution in [2.45, 2.75) is 32.7 Å². The van der Waals surface area contributed by atoms with Crippen LogP contribution >= 0.6 is 0 Å². The smallest absolute Gasteiger partial charge is 0.239 e. The van der Waals surface area contributed by atoms with Crippen LogP contribution in [-0.2, 0) is 4.79 Å². The van der Waals surface area contributed by atoms with Gasteiger partial charge in [0.05, 0.1) is 6.04 Å². The van der Waals surface area contributed by atoms with Gasteiger partial charge in [-0.2, -0.15) is 0 Å². The van der Waals surface area contributed by atoms with Crippen molar-refractivity contribution in [2.75, 3.05) is 44.2 Å². The van der Waals surface area contributed by atoms with Crippen LogP contribution in [0, 0.1) is 11.7 Å². The van der Waals surface area contributed by atoms with E-state index in [4.69, 9.17) is 0 Å². The molecule has 2 heterocycles. The van der Waals surface area contributed by atoms with Crippen LogP contribution in [-0.4, -0.2) is 61.0 Å². The summed E-state index contributed by atoms with van der Waals surface area (Å²) >= 11 is 0. The van der Waals surface area contributed by atoms with Crippen LogP contribution < -0.4 is 4.90 Å². The van der Waals surface area contributed by atoms with Gasteiger partial charge in [-0.3, -0.25) is 9.69 Å². The van der Waals surface area contributed by atoms with Gasteiger partial charge >= 0.3 is 0 Å². The molecule has 2 aliphatic heterocycles. The van der Waals surface area contributed by atoms with E-state index in [-0.39, 0.29) is 17.8 Å². The monoisotopic (exact) mass is 333 g/mol. The lowest BCUT2D eigenvalue weighted by Crippen LogP contribution is -2.55. The maximum atomic E-state index is 13.0. The summed E-state index contributed by atoms with van der Waals surface area (Å²) in [5.74, 6) is 0.813. The van der Waals surface area contributed by atoms with Crippen LogP contribution in [0.1, 0.15) is 26.7 Å². The quantitative estimate of drug-likeness (QED) is 0.851. The molecule has 132 valence electrons. The molecular formula is C19H28FN3O. The lowest BCUT2D eigenvalue weighted by molar-refractivity contribution is -0.137. The van der Waals surface area contributed by atoms with Crippen LogP contribution in [0.5, 0.6) is 0 Å². The molecule has 4 nitrogen and oxygen atoms in total. The third-order valence-electron chi connectivity index (χ3n) is 5.51. The maximum Gasteiger partial charge on any atom is 0.239 e. The van der Waals surface area contributed by atoms with Crippen LogP contribution in [0.15, 0.2) is 24.3 Å². The second-order valence-electron chi connectivity index (χ2n) is 7.18. The lowest BCUT2D eigenvalue weighted by Gasteiger charge is -2.40. The number of carbonyl (C=O) groups is 1. The molecule has 2 aliphatic rings. The highest BCUT2D eigenvalue weighted by Crippen LogP contribution is 2.20. The largest absolute Gasteiger partial charge is 0.369 e. The van der Waals surface area contributed by atoms with Gasteiger partial charge in [-0.05, 0) is 49.9 Å². The molecule has 24 heavy (non-hydrogen) atoms. The Bertz CT molecular complexity index is 546. The van der Waals surface area contributed by atoms with Gasteiger partial charge in [0.2, 0.25) is 5.91 Å². The zero-order chi connectivity index (χ0) is 17.1. The van der Waals surface area contributed by atoms with E-state index in [0.717, 1.165) is 63.7 Å². The third-order valence-corrected chi connectivity index (χ3v) is 5.51. The van der Waals surface area contributed by atoms with Crippen molar-refractivity contribution in [3.63, 3.8) is 0 Å². The van der Waals surface area contributed by atoms with E-state index < -0.39 is 0 Å². The predicted octanol–water partition coefficient (Wildman–Crippen LogP) is 2.59. The summed E-state index contributed by atoms with van der Waals surface area (Å²) < 4.78 is 13.0. The van der Waals surface area contributed by atoms with E-state index >= 15 is 0 Å². The summed E-state index contributed by atoms with van der Waals surface area (Å²) in [6, 6.07) is 6.62. The van der Waals surface area contributed by atoms with Crippen LogP contribution in [0.3, 0.4) is 0 Å². The summed E-state index contributed by atoms with van der Waals surface area (Å²) in [6.07, 6.45) is 2.24. The van der Waals surface area contributed by atoms with E-state index in [2.05, 4.69) is 16.7 Å². The van der Waals surface area contributed by atoms with Crippen molar-refractivity contribution in [3.05, 3.63) is 30.1 Å². The highest BCUT2D eigenvalue weighted by atomic mass is 19.1. The Kier molecular flexibility index (Phi) is 5.39. The first-order chi connectivity index (χ1) is 11.5. The molecule has 0 bridgehead atoms. The Hall–Kier alpha value is -1.62. The number of amides is 1. The van der Waals surface area contributed by atoms with Gasteiger partial charge < -0.3 is 9.80 Å². The van der Waals surface area contributed by atoms with E-state index in [1.165, 1.54) is 12.1 Å². The van der Waals surface area contributed by atoms with Gasteiger partial charge in [0.1, 0.15) is 5.82 Å². The fourth-order valence-electron chi connectivity index (χ4n) is 3.67. The number of nitrogens with zero attached hydrogens (tertiary/aromatic N) is 3. The number of rotatable bonds is 3. The van der Waals surface area contributed by atoms with Crippen LogP contribution in [0.25, 0.3) is 0 Å². The average molecular weight is 333 g/mol. The summed E-state index contributed by atoms with van der Waals surface area (Å²) in [4.78, 5) is 19.3. The van der Waals surface area contributed by atoms with Crippen molar-refractivity contribution in [3.8, 4) is 0 Å². The number of piperidine rings is 1. The number of likely N-dealkylation sites (tertiary alicyclic amines) is 1. The number of hydrogen-bond donors (Lipinski definition) is 0. The van der Waals surface area contributed by atoms with Crippen LogP contribution in [0.4, 0.5) is 10.1 Å². The van der Waals surface area contributed by atoms with E-state index in [0.29, 0.717) is 0 Å². The first-order valence-electron chi connectivity index (χ1n) is 9.08. The minimum atomic E-state index is -0.201. The Balaban J connectivity index is 1.52. The van der Waals surface area contributed by atoms with Crippen molar-refractivity contribution in [1.82, 2.24) is 9.80 Å². The highest BCUT2D eigenvalue weighted by molar-refractivity contribution is 5.81. The molecule has 0 spiro atoms. The molecule has 1 unspecified atom stereocenters. The van der Waals surface area contributed by atoms with Gasteiger partial charge in [0.15, 0.2) is 0 Å². The number of halogens is 1. The molecule has 3 rings (SSSR count). The van der Waals surface area contributed by atoms with Gasteiger partial charge in [-0.1, -0.05) is 6.92 Å². The number of hydrogen-bond acceptors (Lipinski definition) is 3. The number of benzene rings is 1. The second-order valence-corrected chi connectivity index (χ2v) is 7.18. The molecule has 0 aliphatic carbocycles. The van der Waals surface area contributed by atoms with E-state index in [1.807, 2.05) is 24.0 Å². The maximum absolute atomic E-state index is 13.0. The minimum absolute atomic E-state index is 0.0474. The molecule has 2 saturated heterocycles. The summed E-state index contributed by atoms with van der Waals surface area (Å²) in [5.41, 5.74) is 1.06. The molecule has 1 amide bonds. The molecule has 1 aromatic rings. The average Bonchev–Trinajstić information content (AvgIpc) is 2.62. The predicted molar refractivity (Wildman–Crippen MR) is 94.6 cm³/mol. The second kappa shape index (κ2) is 7.51. The van der Waals surface area contributed by atoms with Crippen molar-refractivity contribution >= 4 is 11.6 Å². The summed E-state index contributed by atoms with van der Waals surface area (Å²) in [6.45, 7) is 9.59. The zero-order valence-electron chi connectivity index (χ0n) is 14.7. The topological polar surface area (TPSA) is 26.8 Å². The standard InChI is InChI=1S/C19H28FN3O/c1-15-7-9-23(10-8-15)19(24)16(2)21-11-13-22(14-12-21)18-5-3-17(20)4-6-18/h3-6,15-16H,7-14H2,1-2H3. The van der Waals surface area contributed by atoms with Gasteiger partial charge in [-0.25, -0.2) is 4.39 Å². The summed E-state index contributed by atoms with van der Waals surface area (Å²) in [7, 11) is 0. The van der Waals surface area contributed by atoms with Crippen molar-refractivity contribution in [2.24, 2.45) is 5.92 Å². The molecular weight excluding hydrogens is 305 g/mol.